The largest absolute Gasteiger partial charge is 0.497 e. The van der Waals surface area contributed by atoms with Gasteiger partial charge in [-0.1, -0.05) is 32.0 Å². The molecule has 2 heterocycles. The van der Waals surface area contributed by atoms with Crippen molar-refractivity contribution in [1.29, 1.82) is 0 Å². The maximum absolute atomic E-state index is 13.1. The number of fused-ring (bicyclic) bond motifs is 2. The Kier molecular flexibility index (Phi) is 6.40. The van der Waals surface area contributed by atoms with Crippen LogP contribution in [0.5, 0.6) is 5.75 Å². The van der Waals surface area contributed by atoms with E-state index in [0.29, 0.717) is 18.7 Å². The van der Waals surface area contributed by atoms with E-state index in [0.717, 1.165) is 33.1 Å². The number of carbonyl (C=O) groups is 2. The van der Waals surface area contributed by atoms with Crippen LogP contribution in [-0.4, -0.2) is 41.1 Å². The van der Waals surface area contributed by atoms with Gasteiger partial charge in [0.05, 0.1) is 7.11 Å². The van der Waals surface area contributed by atoms with Crippen LogP contribution in [0.15, 0.2) is 54.7 Å². The third-order valence-corrected chi connectivity index (χ3v) is 6.09. The summed E-state index contributed by atoms with van der Waals surface area (Å²) >= 11 is 0. The van der Waals surface area contributed by atoms with Crippen molar-refractivity contribution in [2.24, 2.45) is 13.0 Å². The summed E-state index contributed by atoms with van der Waals surface area (Å²) in [7, 11) is 3.46. The summed E-state index contributed by atoms with van der Waals surface area (Å²) in [5.41, 5.74) is 3.65. The van der Waals surface area contributed by atoms with Crippen LogP contribution in [0.4, 0.5) is 0 Å². The molecule has 0 radical (unpaired) electrons. The molecule has 0 aliphatic carbocycles. The molecule has 0 aliphatic heterocycles. The number of hydrogen-bond acceptors (Lipinski definition) is 3. The molecule has 33 heavy (non-hydrogen) atoms. The fraction of sp³-hybridized carbons (Fsp3) is 0.308. The highest BCUT2D eigenvalue weighted by molar-refractivity contribution is 6.01. The number of carbonyl (C=O) groups excluding carboxylic acids is 2. The third kappa shape index (κ3) is 4.58. The fourth-order valence-electron chi connectivity index (χ4n) is 4.19. The number of hydrogen-bond donors (Lipinski definition) is 3. The van der Waals surface area contributed by atoms with Gasteiger partial charge in [-0.15, -0.1) is 0 Å². The number of benzene rings is 2. The predicted octanol–water partition coefficient (Wildman–Crippen LogP) is 3.78. The number of aromatic amines is 1. The van der Waals surface area contributed by atoms with Gasteiger partial charge in [-0.25, -0.2) is 0 Å². The Morgan fingerprint density at radius 3 is 2.67 bits per heavy atom. The van der Waals surface area contributed by atoms with Crippen LogP contribution < -0.4 is 15.4 Å². The van der Waals surface area contributed by atoms with Gasteiger partial charge in [0, 0.05) is 41.6 Å². The summed E-state index contributed by atoms with van der Waals surface area (Å²) in [5, 5.41) is 7.98. The van der Waals surface area contributed by atoms with E-state index in [-0.39, 0.29) is 17.7 Å². The smallest absolute Gasteiger partial charge is 0.268 e. The number of nitrogens with one attached hydrogen (secondary N) is 3. The summed E-state index contributed by atoms with van der Waals surface area (Å²) in [5.74, 6) is 0.211. The lowest BCUT2D eigenvalue weighted by atomic mass is 10.0. The van der Waals surface area contributed by atoms with Crippen molar-refractivity contribution in [1.82, 2.24) is 20.2 Å². The molecule has 2 aromatic heterocycles. The van der Waals surface area contributed by atoms with Gasteiger partial charge in [0.2, 0.25) is 5.91 Å². The third-order valence-electron chi connectivity index (χ3n) is 6.09. The minimum absolute atomic E-state index is 0.0585. The van der Waals surface area contributed by atoms with Crippen LogP contribution in [0.2, 0.25) is 0 Å². The molecule has 4 aromatic rings. The van der Waals surface area contributed by atoms with Crippen LogP contribution in [0.1, 0.15) is 29.9 Å². The van der Waals surface area contributed by atoms with E-state index >= 15 is 0 Å². The zero-order valence-electron chi connectivity index (χ0n) is 19.4. The standard InChI is InChI=1S/C26H30N4O3/c1-16(2)24(26(32)27-12-11-17-15-28-21-8-6-5-7-20(17)21)29-25(31)23-14-18-13-19(33-4)9-10-22(18)30(23)3/h5-10,13-16,24,28H,11-12H2,1-4H3,(H,27,32)(H,29,31). The van der Waals surface area contributed by atoms with Gasteiger partial charge < -0.3 is 24.9 Å². The second-order valence-corrected chi connectivity index (χ2v) is 8.61. The number of ether oxygens (including phenoxy) is 1. The van der Waals surface area contributed by atoms with E-state index < -0.39 is 6.04 Å². The fourth-order valence-corrected chi connectivity index (χ4v) is 4.19. The van der Waals surface area contributed by atoms with E-state index in [2.05, 4.69) is 21.7 Å². The highest BCUT2D eigenvalue weighted by Gasteiger charge is 2.26. The average Bonchev–Trinajstić information content (AvgIpc) is 3.37. The van der Waals surface area contributed by atoms with Crippen molar-refractivity contribution in [2.45, 2.75) is 26.3 Å². The molecule has 7 nitrogen and oxygen atoms in total. The zero-order chi connectivity index (χ0) is 23.5. The number of H-pyrrole nitrogens is 1. The van der Waals surface area contributed by atoms with Gasteiger partial charge in [-0.2, -0.15) is 0 Å². The topological polar surface area (TPSA) is 88.2 Å². The minimum Gasteiger partial charge on any atom is -0.497 e. The second-order valence-electron chi connectivity index (χ2n) is 8.61. The molecule has 7 heteroatoms. The molecule has 172 valence electrons. The van der Waals surface area contributed by atoms with Gasteiger partial charge in [0.15, 0.2) is 0 Å². The first kappa shape index (κ1) is 22.5. The first-order valence-electron chi connectivity index (χ1n) is 11.2. The summed E-state index contributed by atoms with van der Waals surface area (Å²) in [6.07, 6.45) is 2.69. The molecule has 2 aromatic carbocycles. The molecule has 1 unspecified atom stereocenters. The number of aromatic nitrogens is 2. The molecule has 2 amide bonds. The Hall–Kier alpha value is -3.74. The van der Waals surface area contributed by atoms with Crippen molar-refractivity contribution >= 4 is 33.6 Å². The molecule has 1 atom stereocenters. The molecule has 3 N–H and O–H groups in total. The van der Waals surface area contributed by atoms with Crippen molar-refractivity contribution in [3.63, 3.8) is 0 Å². The number of aryl methyl sites for hydroxylation is 1. The molecule has 0 spiro atoms. The maximum Gasteiger partial charge on any atom is 0.268 e. The number of para-hydroxylation sites is 1. The zero-order valence-corrected chi connectivity index (χ0v) is 19.4. The van der Waals surface area contributed by atoms with Gasteiger partial charge in [0.25, 0.3) is 5.91 Å². The Bertz CT molecular complexity index is 1300. The lowest BCUT2D eigenvalue weighted by molar-refractivity contribution is -0.123. The van der Waals surface area contributed by atoms with Gasteiger partial charge >= 0.3 is 0 Å². The van der Waals surface area contributed by atoms with E-state index in [1.165, 1.54) is 0 Å². The Morgan fingerprint density at radius 2 is 1.91 bits per heavy atom. The number of amides is 2. The van der Waals surface area contributed by atoms with E-state index in [1.54, 1.807) is 7.11 Å². The summed E-state index contributed by atoms with van der Waals surface area (Å²) < 4.78 is 7.11. The highest BCUT2D eigenvalue weighted by Crippen LogP contribution is 2.24. The Labute approximate surface area is 193 Å². The lowest BCUT2D eigenvalue weighted by Gasteiger charge is -2.22. The maximum atomic E-state index is 13.1. The number of rotatable bonds is 8. The normalized spacial score (nSPS) is 12.3. The van der Waals surface area contributed by atoms with Crippen molar-refractivity contribution in [2.75, 3.05) is 13.7 Å². The molecule has 0 saturated carbocycles. The number of methoxy groups -OCH3 is 1. The van der Waals surface area contributed by atoms with Crippen molar-refractivity contribution < 1.29 is 14.3 Å². The SMILES string of the molecule is COc1ccc2c(c1)cc(C(=O)NC(C(=O)NCCc1c[nH]c3ccccc13)C(C)C)n2C. The summed E-state index contributed by atoms with van der Waals surface area (Å²) in [6, 6.07) is 15.0. The van der Waals surface area contributed by atoms with E-state index in [9.17, 15) is 9.59 Å². The second kappa shape index (κ2) is 9.40. The monoisotopic (exact) mass is 446 g/mol. The quantitative estimate of drug-likeness (QED) is 0.385. The predicted molar refractivity (Wildman–Crippen MR) is 131 cm³/mol. The van der Waals surface area contributed by atoms with Crippen molar-refractivity contribution in [3.8, 4) is 5.75 Å². The summed E-state index contributed by atoms with van der Waals surface area (Å²) in [4.78, 5) is 29.3. The van der Waals surface area contributed by atoms with Gasteiger partial charge in [-0.05, 0) is 48.2 Å². The van der Waals surface area contributed by atoms with Crippen LogP contribution >= 0.6 is 0 Å². The molecule has 0 aliphatic rings. The highest BCUT2D eigenvalue weighted by atomic mass is 16.5. The molecule has 0 bridgehead atoms. The van der Waals surface area contributed by atoms with Crippen LogP contribution in [0.3, 0.4) is 0 Å². The molecule has 4 rings (SSSR count). The first-order valence-corrected chi connectivity index (χ1v) is 11.2. The minimum atomic E-state index is -0.631. The van der Waals surface area contributed by atoms with E-state index in [1.807, 2.05) is 74.1 Å². The van der Waals surface area contributed by atoms with Crippen LogP contribution in [-0.2, 0) is 18.3 Å². The first-order chi connectivity index (χ1) is 15.9. The number of nitrogens with zero attached hydrogens (tertiary/aromatic N) is 1. The van der Waals surface area contributed by atoms with Crippen LogP contribution in [0, 0.1) is 5.92 Å². The molecule has 0 saturated heterocycles. The van der Waals surface area contributed by atoms with Gasteiger partial charge in [-0.3, -0.25) is 9.59 Å². The summed E-state index contributed by atoms with van der Waals surface area (Å²) in [6.45, 7) is 4.35. The lowest BCUT2D eigenvalue weighted by Crippen LogP contribution is -2.50. The van der Waals surface area contributed by atoms with Gasteiger partial charge in [0.1, 0.15) is 17.5 Å². The Morgan fingerprint density at radius 1 is 1.12 bits per heavy atom. The molecule has 0 fully saturated rings. The van der Waals surface area contributed by atoms with Crippen molar-refractivity contribution in [3.05, 3.63) is 66.0 Å². The van der Waals surface area contributed by atoms with E-state index in [4.69, 9.17) is 4.74 Å². The molecular formula is C26H30N4O3. The Balaban J connectivity index is 1.42. The van der Waals surface area contributed by atoms with Crippen LogP contribution in [0.25, 0.3) is 21.8 Å². The average molecular weight is 447 g/mol. The molecular weight excluding hydrogens is 416 g/mol.